The first-order valence-corrected chi connectivity index (χ1v) is 13.4. The topological polar surface area (TPSA) is 95.9 Å². The third kappa shape index (κ3) is 5.64. The number of thioether (sulfide) groups is 1. The zero-order chi connectivity index (χ0) is 24.9. The third-order valence-corrected chi connectivity index (χ3v) is 7.51. The van der Waals surface area contributed by atoms with Crippen LogP contribution in [0.15, 0.2) is 48.5 Å². The number of hydrogen-bond donors (Lipinski definition) is 2. The summed E-state index contributed by atoms with van der Waals surface area (Å²) in [6, 6.07) is 15.5. The number of ether oxygens (including phenoxy) is 1. The Hall–Kier alpha value is -3.00. The highest BCUT2D eigenvalue weighted by Crippen LogP contribution is 2.44. The molecule has 0 bridgehead atoms. The van der Waals surface area contributed by atoms with Gasteiger partial charge >= 0.3 is 12.1 Å². The van der Waals surface area contributed by atoms with Gasteiger partial charge in [-0.15, -0.1) is 0 Å². The first-order chi connectivity index (χ1) is 16.9. The summed E-state index contributed by atoms with van der Waals surface area (Å²) in [6.07, 6.45) is 2.31. The number of aliphatic carboxylic acids is 1. The molecule has 0 saturated carbocycles. The van der Waals surface area contributed by atoms with Crippen molar-refractivity contribution < 1.29 is 24.2 Å². The first kappa shape index (κ1) is 25.1. The van der Waals surface area contributed by atoms with Gasteiger partial charge in [-0.1, -0.05) is 55.5 Å². The molecule has 1 aliphatic carbocycles. The molecule has 35 heavy (non-hydrogen) atoms. The van der Waals surface area contributed by atoms with Crippen LogP contribution in [-0.2, 0) is 14.3 Å². The van der Waals surface area contributed by atoms with E-state index in [2.05, 4.69) is 29.6 Å². The largest absolute Gasteiger partial charge is 0.481 e. The minimum absolute atomic E-state index is 0.0623. The molecule has 1 heterocycles. The maximum Gasteiger partial charge on any atom is 0.407 e. The molecule has 2 aliphatic rings. The highest BCUT2D eigenvalue weighted by atomic mass is 32.2. The van der Waals surface area contributed by atoms with Crippen LogP contribution >= 0.6 is 11.8 Å². The summed E-state index contributed by atoms with van der Waals surface area (Å²) in [5, 5.41) is 12.2. The summed E-state index contributed by atoms with van der Waals surface area (Å²) in [6.45, 7) is 2.78. The summed E-state index contributed by atoms with van der Waals surface area (Å²) in [4.78, 5) is 39.2. The van der Waals surface area contributed by atoms with E-state index in [1.807, 2.05) is 37.4 Å². The molecule has 1 saturated heterocycles. The molecule has 3 atom stereocenters. The summed E-state index contributed by atoms with van der Waals surface area (Å²) < 4.78 is 5.65. The lowest BCUT2D eigenvalue weighted by atomic mass is 9.90. The van der Waals surface area contributed by atoms with Crippen molar-refractivity contribution in [3.63, 3.8) is 0 Å². The van der Waals surface area contributed by atoms with Crippen LogP contribution in [-0.4, -0.2) is 65.7 Å². The van der Waals surface area contributed by atoms with Gasteiger partial charge in [-0.2, -0.15) is 11.8 Å². The van der Waals surface area contributed by atoms with E-state index in [1.54, 1.807) is 16.7 Å². The number of likely N-dealkylation sites (tertiary alicyclic amines) is 1. The van der Waals surface area contributed by atoms with Gasteiger partial charge in [0.15, 0.2) is 0 Å². The van der Waals surface area contributed by atoms with Gasteiger partial charge in [0.25, 0.3) is 0 Å². The summed E-state index contributed by atoms with van der Waals surface area (Å²) >= 11 is 1.59. The van der Waals surface area contributed by atoms with Crippen LogP contribution in [0, 0.1) is 11.8 Å². The van der Waals surface area contributed by atoms with E-state index in [-0.39, 0.29) is 30.9 Å². The second-order valence-electron chi connectivity index (χ2n) is 9.42. The van der Waals surface area contributed by atoms with E-state index in [1.165, 1.54) is 0 Å². The molecule has 2 N–H and O–H groups in total. The molecule has 186 valence electrons. The maximum atomic E-state index is 13.3. The fourth-order valence-corrected chi connectivity index (χ4v) is 5.68. The molecule has 8 heteroatoms. The van der Waals surface area contributed by atoms with Gasteiger partial charge in [-0.25, -0.2) is 4.79 Å². The van der Waals surface area contributed by atoms with E-state index < -0.39 is 24.0 Å². The predicted octanol–water partition coefficient (Wildman–Crippen LogP) is 4.22. The molecule has 1 fully saturated rings. The second kappa shape index (κ2) is 11.2. The van der Waals surface area contributed by atoms with Crippen molar-refractivity contribution in [3.8, 4) is 11.1 Å². The second-order valence-corrected chi connectivity index (χ2v) is 10.4. The van der Waals surface area contributed by atoms with Crippen molar-refractivity contribution in [1.82, 2.24) is 10.2 Å². The van der Waals surface area contributed by atoms with E-state index in [0.717, 1.165) is 22.3 Å². The number of benzene rings is 2. The van der Waals surface area contributed by atoms with Gasteiger partial charge in [0, 0.05) is 19.0 Å². The summed E-state index contributed by atoms with van der Waals surface area (Å²) in [7, 11) is 0. The van der Waals surface area contributed by atoms with Crippen LogP contribution < -0.4 is 5.32 Å². The van der Waals surface area contributed by atoms with Gasteiger partial charge in [-0.3, -0.25) is 9.59 Å². The van der Waals surface area contributed by atoms with Crippen LogP contribution in [0.1, 0.15) is 36.8 Å². The van der Waals surface area contributed by atoms with Crippen LogP contribution in [0.5, 0.6) is 0 Å². The Balaban J connectivity index is 1.42. The molecule has 0 aromatic heterocycles. The van der Waals surface area contributed by atoms with Crippen molar-refractivity contribution in [2.75, 3.05) is 31.7 Å². The van der Waals surface area contributed by atoms with E-state index in [0.29, 0.717) is 25.1 Å². The van der Waals surface area contributed by atoms with Crippen LogP contribution in [0.2, 0.25) is 0 Å². The summed E-state index contributed by atoms with van der Waals surface area (Å²) in [5.41, 5.74) is 4.55. The lowest BCUT2D eigenvalue weighted by molar-refractivity contribution is -0.147. The Morgan fingerprint density at radius 1 is 1.09 bits per heavy atom. The van der Waals surface area contributed by atoms with Gasteiger partial charge in [0.1, 0.15) is 12.6 Å². The molecule has 2 aromatic rings. The van der Waals surface area contributed by atoms with Gasteiger partial charge in [-0.05, 0) is 53.0 Å². The lowest BCUT2D eigenvalue weighted by Gasteiger charge is -2.36. The normalized spacial score (nSPS) is 20.0. The molecule has 4 rings (SSSR count). The predicted molar refractivity (Wildman–Crippen MR) is 136 cm³/mol. The zero-order valence-electron chi connectivity index (χ0n) is 20.1. The van der Waals surface area contributed by atoms with Crippen molar-refractivity contribution in [2.45, 2.75) is 31.7 Å². The smallest absolute Gasteiger partial charge is 0.407 e. The highest BCUT2D eigenvalue weighted by Gasteiger charge is 2.35. The number of nitrogens with zero attached hydrogens (tertiary/aromatic N) is 1. The van der Waals surface area contributed by atoms with E-state index in [4.69, 9.17) is 4.74 Å². The van der Waals surface area contributed by atoms with Crippen molar-refractivity contribution >= 4 is 29.7 Å². The number of carbonyl (C=O) groups is 3. The number of carboxylic acid groups (broad SMARTS) is 1. The van der Waals surface area contributed by atoms with Gasteiger partial charge in [0.05, 0.1) is 5.92 Å². The quantitative estimate of drug-likeness (QED) is 0.568. The number of carbonyl (C=O) groups excluding carboxylic acids is 2. The molecule has 2 amide bonds. The maximum absolute atomic E-state index is 13.3. The fourth-order valence-electron chi connectivity index (χ4n) is 5.21. The Morgan fingerprint density at radius 2 is 1.71 bits per heavy atom. The molecule has 0 radical (unpaired) electrons. The Bertz CT molecular complexity index is 1050. The minimum Gasteiger partial charge on any atom is -0.481 e. The molecule has 0 spiro atoms. The van der Waals surface area contributed by atoms with Crippen molar-refractivity contribution in [1.29, 1.82) is 0 Å². The van der Waals surface area contributed by atoms with E-state index in [9.17, 15) is 19.5 Å². The molecule has 2 unspecified atom stereocenters. The number of amides is 2. The Labute approximate surface area is 210 Å². The number of carboxylic acids is 1. The highest BCUT2D eigenvalue weighted by molar-refractivity contribution is 7.98. The number of nitrogens with one attached hydrogen (secondary N) is 1. The number of fused-ring (bicyclic) bond motifs is 3. The standard InChI is InChI=1S/C27H32N2O5S/c1-17-13-18(26(31)32)15-29(14-17)25(30)24(11-12-35-2)28-27(33)34-16-23-21-9-5-3-7-19(21)20-8-4-6-10-22(20)23/h3-10,17-18,23-24H,11-16H2,1-2H3,(H,28,33)(H,31,32)/t17?,18?,24-/m1/s1. The van der Waals surface area contributed by atoms with Gasteiger partial charge < -0.3 is 20.1 Å². The first-order valence-electron chi connectivity index (χ1n) is 12.0. The SMILES string of the molecule is CSCC[C@@H](NC(=O)OCC1c2ccccc2-c2ccccc21)C(=O)N1CC(C)CC(C(=O)O)C1. The average molecular weight is 497 g/mol. The molecular formula is C27H32N2O5S. The number of piperidine rings is 1. The van der Waals surface area contributed by atoms with Crippen molar-refractivity contribution in [3.05, 3.63) is 59.7 Å². The van der Waals surface area contributed by atoms with Crippen LogP contribution in [0.3, 0.4) is 0 Å². The molecule has 7 nitrogen and oxygen atoms in total. The Kier molecular flexibility index (Phi) is 8.00. The number of rotatable bonds is 8. The van der Waals surface area contributed by atoms with E-state index >= 15 is 0 Å². The number of hydrogen-bond acceptors (Lipinski definition) is 5. The zero-order valence-corrected chi connectivity index (χ0v) is 20.9. The molecule has 2 aromatic carbocycles. The fraction of sp³-hybridized carbons (Fsp3) is 0.444. The van der Waals surface area contributed by atoms with Crippen molar-refractivity contribution in [2.24, 2.45) is 11.8 Å². The lowest BCUT2D eigenvalue weighted by Crippen LogP contribution is -2.53. The van der Waals surface area contributed by atoms with Gasteiger partial charge in [0.2, 0.25) is 5.91 Å². The Morgan fingerprint density at radius 3 is 2.31 bits per heavy atom. The molecule has 1 aliphatic heterocycles. The molecular weight excluding hydrogens is 464 g/mol. The minimum atomic E-state index is -0.889. The summed E-state index contributed by atoms with van der Waals surface area (Å²) in [5.74, 6) is -1.01. The average Bonchev–Trinajstić information content (AvgIpc) is 3.18. The third-order valence-electron chi connectivity index (χ3n) is 6.87. The monoisotopic (exact) mass is 496 g/mol. The van der Waals surface area contributed by atoms with Crippen LogP contribution in [0.4, 0.5) is 4.79 Å². The number of alkyl carbamates (subject to hydrolysis) is 1. The van der Waals surface area contributed by atoms with Crippen LogP contribution in [0.25, 0.3) is 11.1 Å².